The maximum atomic E-state index is 11.6. The van der Waals surface area contributed by atoms with Crippen molar-refractivity contribution in [2.45, 2.75) is 95.5 Å². The third-order valence-corrected chi connectivity index (χ3v) is 4.47. The van der Waals surface area contributed by atoms with Crippen LogP contribution in [0.25, 0.3) is 0 Å². The van der Waals surface area contributed by atoms with E-state index < -0.39 is 24.4 Å². The number of aliphatic hydroxyl groups excluding tert-OH is 3. The number of esters is 1. The highest BCUT2D eigenvalue weighted by Gasteiger charge is 2.39. The van der Waals surface area contributed by atoms with Gasteiger partial charge in [0, 0.05) is 6.42 Å². The van der Waals surface area contributed by atoms with E-state index in [1.54, 1.807) is 0 Å². The molecule has 6 nitrogen and oxygen atoms in total. The molecule has 1 rings (SSSR count). The van der Waals surface area contributed by atoms with Crippen molar-refractivity contribution >= 4 is 5.97 Å². The normalized spacial score (nSPS) is 24.9. The second-order valence-electron chi connectivity index (χ2n) is 6.68. The molecule has 6 heteroatoms. The Bertz CT molecular complexity index is 335. The largest absolute Gasteiger partial charge is 0.463 e. The van der Waals surface area contributed by atoms with E-state index in [9.17, 15) is 20.1 Å². The van der Waals surface area contributed by atoms with Crippen molar-refractivity contribution in [1.82, 2.24) is 0 Å². The Morgan fingerprint density at radius 2 is 1.67 bits per heavy atom. The fraction of sp³-hybridized carbons (Fsp3) is 0.944. The molecule has 0 saturated carbocycles. The minimum atomic E-state index is -1.14. The van der Waals surface area contributed by atoms with Crippen LogP contribution in [0, 0.1) is 0 Å². The maximum Gasteiger partial charge on any atom is 0.305 e. The Hall–Kier alpha value is -0.690. The van der Waals surface area contributed by atoms with Crippen LogP contribution in [-0.2, 0) is 14.3 Å². The lowest BCUT2D eigenvalue weighted by Crippen LogP contribution is -2.41. The summed E-state index contributed by atoms with van der Waals surface area (Å²) in [5.74, 6) is -0.343. The molecule has 1 fully saturated rings. The molecule has 0 radical (unpaired) electrons. The molecule has 0 bridgehead atoms. The number of hydrogen-bond acceptors (Lipinski definition) is 6. The van der Waals surface area contributed by atoms with Crippen molar-refractivity contribution in [3.8, 4) is 0 Å². The lowest BCUT2D eigenvalue weighted by atomic mass is 10.1. The van der Waals surface area contributed by atoms with Gasteiger partial charge in [-0.15, -0.1) is 0 Å². The molecule has 1 heterocycles. The molecule has 24 heavy (non-hydrogen) atoms. The van der Waals surface area contributed by atoms with Crippen LogP contribution in [0.4, 0.5) is 0 Å². The number of hydrogen-bond donors (Lipinski definition) is 3. The Kier molecular flexibility index (Phi) is 11.2. The summed E-state index contributed by atoms with van der Waals surface area (Å²) in [7, 11) is 0. The van der Waals surface area contributed by atoms with Gasteiger partial charge >= 0.3 is 5.97 Å². The standard InChI is InChI=1S/C18H34O6/c1-2-3-4-5-6-7-8-9-10-11-16(21)23-13-15(20)18-17(22)14(19)12-24-18/h14-15,17-20,22H,2-13H2,1H3/t14-,15-,17-,18+/m1/s1. The third kappa shape index (κ3) is 8.42. The van der Waals surface area contributed by atoms with Crippen molar-refractivity contribution < 1.29 is 29.6 Å². The second kappa shape index (κ2) is 12.6. The highest BCUT2D eigenvalue weighted by molar-refractivity contribution is 5.69. The van der Waals surface area contributed by atoms with Crippen LogP contribution in [-0.4, -0.2) is 58.9 Å². The molecule has 0 amide bonds. The smallest absolute Gasteiger partial charge is 0.305 e. The fourth-order valence-electron chi connectivity index (χ4n) is 2.89. The first-order valence-electron chi connectivity index (χ1n) is 9.37. The summed E-state index contributed by atoms with van der Waals surface area (Å²) in [5.41, 5.74) is 0. The van der Waals surface area contributed by atoms with Crippen LogP contribution in [0.3, 0.4) is 0 Å². The molecular weight excluding hydrogens is 312 g/mol. The van der Waals surface area contributed by atoms with E-state index in [1.165, 1.54) is 38.5 Å². The van der Waals surface area contributed by atoms with Crippen LogP contribution in [0.2, 0.25) is 0 Å². The van der Waals surface area contributed by atoms with Crippen LogP contribution in [0.1, 0.15) is 71.1 Å². The van der Waals surface area contributed by atoms with Gasteiger partial charge in [-0.1, -0.05) is 58.3 Å². The maximum absolute atomic E-state index is 11.6. The van der Waals surface area contributed by atoms with Crippen LogP contribution in [0.5, 0.6) is 0 Å². The summed E-state index contributed by atoms with van der Waals surface area (Å²) in [6.45, 7) is 1.98. The van der Waals surface area contributed by atoms with Gasteiger partial charge in [0.25, 0.3) is 0 Å². The van der Waals surface area contributed by atoms with Gasteiger partial charge in [-0.05, 0) is 6.42 Å². The lowest BCUT2D eigenvalue weighted by Gasteiger charge is -2.20. The molecule has 1 aliphatic rings. The van der Waals surface area contributed by atoms with Gasteiger partial charge in [0.05, 0.1) is 6.61 Å². The average molecular weight is 346 g/mol. The molecule has 3 N–H and O–H groups in total. The van der Waals surface area contributed by atoms with Gasteiger partial charge in [0.2, 0.25) is 0 Å². The van der Waals surface area contributed by atoms with Crippen molar-refractivity contribution in [1.29, 1.82) is 0 Å². The average Bonchev–Trinajstić information content (AvgIpc) is 2.90. The van der Waals surface area contributed by atoms with E-state index in [1.807, 2.05) is 0 Å². The first-order valence-corrected chi connectivity index (χ1v) is 9.37. The fourth-order valence-corrected chi connectivity index (χ4v) is 2.89. The molecule has 0 spiro atoms. The van der Waals surface area contributed by atoms with E-state index in [4.69, 9.17) is 9.47 Å². The number of carbonyl (C=O) groups excluding carboxylic acids is 1. The van der Waals surface area contributed by atoms with Crippen LogP contribution < -0.4 is 0 Å². The predicted octanol–water partition coefficient (Wildman–Crippen LogP) is 1.93. The van der Waals surface area contributed by atoms with Crippen molar-refractivity contribution in [3.05, 3.63) is 0 Å². The van der Waals surface area contributed by atoms with Gasteiger partial charge in [-0.25, -0.2) is 0 Å². The first kappa shape index (κ1) is 21.4. The quantitative estimate of drug-likeness (QED) is 0.348. The topological polar surface area (TPSA) is 96.2 Å². The Morgan fingerprint density at radius 3 is 2.21 bits per heavy atom. The van der Waals surface area contributed by atoms with Gasteiger partial charge in [0.15, 0.2) is 0 Å². The zero-order chi connectivity index (χ0) is 17.8. The zero-order valence-electron chi connectivity index (χ0n) is 14.9. The van der Waals surface area contributed by atoms with Gasteiger partial charge in [-0.3, -0.25) is 4.79 Å². The summed E-state index contributed by atoms with van der Waals surface area (Å²) in [4.78, 5) is 11.6. The SMILES string of the molecule is CCCCCCCCCCCC(=O)OC[C@@H](O)[C@@H]1OC[C@@H](O)[C@H]1O. The molecule has 4 atom stereocenters. The summed E-state index contributed by atoms with van der Waals surface area (Å²) in [6.07, 6.45) is 6.84. The lowest BCUT2D eigenvalue weighted by molar-refractivity contribution is -0.151. The second-order valence-corrected chi connectivity index (χ2v) is 6.68. The van der Waals surface area contributed by atoms with Gasteiger partial charge in [-0.2, -0.15) is 0 Å². The first-order chi connectivity index (χ1) is 11.6. The summed E-state index contributed by atoms with van der Waals surface area (Å²) >= 11 is 0. The number of aliphatic hydroxyl groups is 3. The number of carbonyl (C=O) groups is 1. The Morgan fingerprint density at radius 1 is 1.08 bits per heavy atom. The van der Waals surface area contributed by atoms with Gasteiger partial charge in [0.1, 0.15) is 31.0 Å². The van der Waals surface area contributed by atoms with Crippen LogP contribution in [0.15, 0.2) is 0 Å². The number of ether oxygens (including phenoxy) is 2. The third-order valence-electron chi connectivity index (χ3n) is 4.47. The van der Waals surface area contributed by atoms with Gasteiger partial charge < -0.3 is 24.8 Å². The molecule has 1 aliphatic heterocycles. The molecule has 0 aromatic rings. The highest BCUT2D eigenvalue weighted by atomic mass is 16.6. The molecule has 1 saturated heterocycles. The number of rotatable bonds is 13. The molecule has 0 unspecified atom stereocenters. The molecule has 0 aromatic carbocycles. The van der Waals surface area contributed by atoms with E-state index in [-0.39, 0.29) is 19.2 Å². The van der Waals surface area contributed by atoms with E-state index in [0.717, 1.165) is 19.3 Å². The molecule has 0 aromatic heterocycles. The zero-order valence-corrected chi connectivity index (χ0v) is 14.9. The van der Waals surface area contributed by atoms with E-state index >= 15 is 0 Å². The van der Waals surface area contributed by atoms with Crippen molar-refractivity contribution in [3.63, 3.8) is 0 Å². The summed E-state index contributed by atoms with van der Waals surface area (Å²) in [5, 5.41) is 28.8. The van der Waals surface area contributed by atoms with E-state index in [2.05, 4.69) is 6.92 Å². The van der Waals surface area contributed by atoms with Crippen molar-refractivity contribution in [2.75, 3.05) is 13.2 Å². The highest BCUT2D eigenvalue weighted by Crippen LogP contribution is 2.18. The monoisotopic (exact) mass is 346 g/mol. The number of unbranched alkanes of at least 4 members (excludes halogenated alkanes) is 8. The minimum Gasteiger partial charge on any atom is -0.463 e. The molecular formula is C18H34O6. The Labute approximate surface area is 145 Å². The van der Waals surface area contributed by atoms with Crippen LogP contribution >= 0.6 is 0 Å². The predicted molar refractivity (Wildman–Crippen MR) is 90.6 cm³/mol. The Balaban J connectivity index is 1.96. The summed E-state index contributed by atoms with van der Waals surface area (Å²) in [6, 6.07) is 0. The van der Waals surface area contributed by atoms with E-state index in [0.29, 0.717) is 6.42 Å². The molecule has 0 aliphatic carbocycles. The minimum absolute atomic E-state index is 0.0186. The molecule has 142 valence electrons. The summed E-state index contributed by atoms with van der Waals surface area (Å²) < 4.78 is 10.1. The van der Waals surface area contributed by atoms with Crippen molar-refractivity contribution in [2.24, 2.45) is 0 Å².